The van der Waals surface area contributed by atoms with Crippen molar-refractivity contribution in [2.24, 2.45) is 0 Å². The molecule has 0 aliphatic rings. The lowest BCUT2D eigenvalue weighted by molar-refractivity contribution is 0.306. The van der Waals surface area contributed by atoms with Gasteiger partial charge in [0.05, 0.1) is 6.20 Å². The summed E-state index contributed by atoms with van der Waals surface area (Å²) >= 11 is 0. The van der Waals surface area contributed by atoms with Gasteiger partial charge in [0.1, 0.15) is 12.4 Å². The normalized spacial score (nSPS) is 11.6. The summed E-state index contributed by atoms with van der Waals surface area (Å²) in [6.45, 7) is 10.9. The van der Waals surface area contributed by atoms with Crippen LogP contribution in [0, 0.1) is 0 Å². The third-order valence-electron chi connectivity index (χ3n) is 3.16. The minimum absolute atomic E-state index is 0.134. The first kappa shape index (κ1) is 15.6. The number of benzene rings is 1. The summed E-state index contributed by atoms with van der Waals surface area (Å²) in [5, 5.41) is 7.71. The fraction of sp³-hybridized carbons (Fsp3) is 0.471. The van der Waals surface area contributed by atoms with E-state index in [4.69, 9.17) is 4.74 Å². The van der Waals surface area contributed by atoms with Crippen LogP contribution in [-0.2, 0) is 19.7 Å². The first-order valence-electron chi connectivity index (χ1n) is 7.44. The van der Waals surface area contributed by atoms with Gasteiger partial charge in [-0.15, -0.1) is 0 Å². The van der Waals surface area contributed by atoms with Crippen molar-refractivity contribution in [3.05, 3.63) is 47.8 Å². The molecule has 0 unspecified atom stereocenters. The van der Waals surface area contributed by atoms with Crippen LogP contribution in [-0.4, -0.2) is 15.3 Å². The lowest BCUT2D eigenvalue weighted by atomic mass is 10.1. The van der Waals surface area contributed by atoms with Crippen molar-refractivity contribution < 1.29 is 4.74 Å². The summed E-state index contributed by atoms with van der Waals surface area (Å²) in [6, 6.07) is 8.24. The molecule has 114 valence electrons. The number of nitrogens with one attached hydrogen (secondary N) is 1. The van der Waals surface area contributed by atoms with Crippen molar-refractivity contribution in [1.29, 1.82) is 0 Å². The average molecular weight is 287 g/mol. The van der Waals surface area contributed by atoms with Crippen LogP contribution in [0.2, 0.25) is 0 Å². The summed E-state index contributed by atoms with van der Waals surface area (Å²) in [5.74, 6) is 0.888. The molecule has 1 aromatic heterocycles. The maximum atomic E-state index is 5.78. The predicted molar refractivity (Wildman–Crippen MR) is 85.3 cm³/mol. The Hall–Kier alpha value is -1.81. The Morgan fingerprint density at radius 1 is 1.14 bits per heavy atom. The van der Waals surface area contributed by atoms with E-state index in [0.29, 0.717) is 6.61 Å². The number of hydrogen-bond donors (Lipinski definition) is 1. The van der Waals surface area contributed by atoms with Crippen LogP contribution in [0.1, 0.15) is 38.8 Å². The molecule has 4 heteroatoms. The maximum Gasteiger partial charge on any atom is 0.119 e. The zero-order valence-corrected chi connectivity index (χ0v) is 13.4. The van der Waals surface area contributed by atoms with Crippen LogP contribution >= 0.6 is 0 Å². The van der Waals surface area contributed by atoms with Crippen molar-refractivity contribution in [3.63, 3.8) is 0 Å². The van der Waals surface area contributed by atoms with Crippen molar-refractivity contribution in [3.8, 4) is 5.75 Å². The van der Waals surface area contributed by atoms with Crippen molar-refractivity contribution in [2.75, 3.05) is 0 Å². The van der Waals surface area contributed by atoms with E-state index < -0.39 is 0 Å². The Kier molecular flexibility index (Phi) is 5.02. The molecule has 0 fully saturated rings. The Bertz CT molecular complexity index is 552. The largest absolute Gasteiger partial charge is 0.489 e. The zero-order valence-electron chi connectivity index (χ0n) is 13.4. The van der Waals surface area contributed by atoms with Crippen molar-refractivity contribution in [1.82, 2.24) is 15.1 Å². The second kappa shape index (κ2) is 6.76. The molecule has 0 saturated heterocycles. The molecule has 21 heavy (non-hydrogen) atoms. The van der Waals surface area contributed by atoms with Gasteiger partial charge < -0.3 is 10.1 Å². The highest BCUT2D eigenvalue weighted by Gasteiger charge is 2.08. The van der Waals surface area contributed by atoms with Crippen molar-refractivity contribution >= 4 is 0 Å². The second-order valence-electron chi connectivity index (χ2n) is 6.24. The summed E-state index contributed by atoms with van der Waals surface area (Å²) in [7, 11) is 0. The van der Waals surface area contributed by atoms with E-state index in [9.17, 15) is 0 Å². The molecule has 0 saturated carbocycles. The van der Waals surface area contributed by atoms with Crippen LogP contribution < -0.4 is 10.1 Å². The minimum Gasteiger partial charge on any atom is -0.489 e. The molecular formula is C17H25N3O. The molecule has 0 amide bonds. The fourth-order valence-corrected chi connectivity index (χ4v) is 1.89. The molecule has 1 aromatic carbocycles. The van der Waals surface area contributed by atoms with E-state index in [1.807, 2.05) is 29.2 Å². The van der Waals surface area contributed by atoms with Gasteiger partial charge in [0.15, 0.2) is 0 Å². The molecule has 0 bridgehead atoms. The quantitative estimate of drug-likeness (QED) is 0.885. The number of aryl methyl sites for hydroxylation is 1. The summed E-state index contributed by atoms with van der Waals surface area (Å²) in [4.78, 5) is 0. The number of hydrogen-bond acceptors (Lipinski definition) is 3. The topological polar surface area (TPSA) is 39.1 Å². The molecular weight excluding hydrogens is 262 g/mol. The summed E-state index contributed by atoms with van der Waals surface area (Å²) in [6.07, 6.45) is 3.87. The molecule has 1 heterocycles. The molecule has 2 rings (SSSR count). The van der Waals surface area contributed by atoms with Gasteiger partial charge in [-0.2, -0.15) is 5.10 Å². The Balaban J connectivity index is 1.84. The van der Waals surface area contributed by atoms with Gasteiger partial charge in [0.25, 0.3) is 0 Å². The lowest BCUT2D eigenvalue weighted by Crippen LogP contribution is -2.34. The van der Waals surface area contributed by atoms with Gasteiger partial charge in [-0.25, -0.2) is 0 Å². The minimum atomic E-state index is 0.134. The third kappa shape index (κ3) is 5.23. The Morgan fingerprint density at radius 2 is 1.86 bits per heavy atom. The Labute approximate surface area is 127 Å². The monoisotopic (exact) mass is 287 g/mol. The number of rotatable bonds is 6. The smallest absolute Gasteiger partial charge is 0.119 e. The van der Waals surface area contributed by atoms with Crippen LogP contribution in [0.3, 0.4) is 0 Å². The van der Waals surface area contributed by atoms with Crippen LogP contribution in [0.15, 0.2) is 36.7 Å². The van der Waals surface area contributed by atoms with E-state index in [1.54, 1.807) is 0 Å². The van der Waals surface area contributed by atoms with E-state index in [2.05, 4.69) is 50.2 Å². The van der Waals surface area contributed by atoms with Crippen molar-refractivity contribution in [2.45, 2.75) is 52.9 Å². The van der Waals surface area contributed by atoms with E-state index in [0.717, 1.165) is 24.4 Å². The molecule has 4 nitrogen and oxygen atoms in total. The molecule has 0 aliphatic carbocycles. The Morgan fingerprint density at radius 3 is 2.43 bits per heavy atom. The zero-order chi connectivity index (χ0) is 15.3. The van der Waals surface area contributed by atoms with Gasteiger partial charge in [0.2, 0.25) is 0 Å². The first-order chi connectivity index (χ1) is 9.96. The SMILES string of the molecule is CCn1cc(COc2ccc(CNC(C)(C)C)cc2)cn1. The van der Waals surface area contributed by atoms with E-state index >= 15 is 0 Å². The highest BCUT2D eigenvalue weighted by molar-refractivity contribution is 5.27. The molecule has 0 atom stereocenters. The first-order valence-corrected chi connectivity index (χ1v) is 7.44. The number of ether oxygens (including phenoxy) is 1. The van der Waals surface area contributed by atoms with Crippen LogP contribution in [0.5, 0.6) is 5.75 Å². The van der Waals surface area contributed by atoms with E-state index in [1.165, 1.54) is 5.56 Å². The highest BCUT2D eigenvalue weighted by Crippen LogP contribution is 2.14. The molecule has 0 spiro atoms. The number of nitrogens with zero attached hydrogens (tertiary/aromatic N) is 2. The molecule has 2 aromatic rings. The fourth-order valence-electron chi connectivity index (χ4n) is 1.89. The van der Waals surface area contributed by atoms with Gasteiger partial charge >= 0.3 is 0 Å². The van der Waals surface area contributed by atoms with Crippen LogP contribution in [0.4, 0.5) is 0 Å². The van der Waals surface area contributed by atoms with Gasteiger partial charge in [0, 0.05) is 30.4 Å². The molecule has 0 aliphatic heterocycles. The average Bonchev–Trinajstić information content (AvgIpc) is 2.91. The lowest BCUT2D eigenvalue weighted by Gasteiger charge is -2.20. The summed E-state index contributed by atoms with van der Waals surface area (Å²) < 4.78 is 7.68. The summed E-state index contributed by atoms with van der Waals surface area (Å²) in [5.41, 5.74) is 2.49. The molecule has 0 radical (unpaired) electrons. The molecule has 1 N–H and O–H groups in total. The van der Waals surface area contributed by atoms with E-state index in [-0.39, 0.29) is 5.54 Å². The predicted octanol–water partition coefficient (Wildman–Crippen LogP) is 3.37. The standard InChI is InChI=1S/C17H25N3O/c1-5-20-12-15(11-19-20)13-21-16-8-6-14(7-9-16)10-18-17(2,3)4/h6-9,11-12,18H,5,10,13H2,1-4H3. The van der Waals surface area contributed by atoms with Gasteiger partial charge in [-0.3, -0.25) is 4.68 Å². The second-order valence-corrected chi connectivity index (χ2v) is 6.24. The van der Waals surface area contributed by atoms with Gasteiger partial charge in [-0.1, -0.05) is 12.1 Å². The van der Waals surface area contributed by atoms with Gasteiger partial charge in [-0.05, 0) is 45.4 Å². The third-order valence-corrected chi connectivity index (χ3v) is 3.16. The van der Waals surface area contributed by atoms with Crippen LogP contribution in [0.25, 0.3) is 0 Å². The maximum absolute atomic E-state index is 5.78. The number of aromatic nitrogens is 2. The highest BCUT2D eigenvalue weighted by atomic mass is 16.5.